The zero-order chi connectivity index (χ0) is 10.0. The van der Waals surface area contributed by atoms with Crippen LogP contribution in [0.1, 0.15) is 23.0 Å². The predicted octanol–water partition coefficient (Wildman–Crippen LogP) is 1.68. The number of carbonyl (C=O) groups is 1. The second-order valence-electron chi connectivity index (χ2n) is 2.97. The summed E-state index contributed by atoms with van der Waals surface area (Å²) in [4.78, 5) is 15.5. The molecular formula is C9H11BrN2O. The normalized spacial score (nSPS) is 12.6. The zero-order valence-electron chi connectivity index (χ0n) is 7.54. The lowest BCUT2D eigenvalue weighted by Crippen LogP contribution is -2.28. The highest BCUT2D eigenvalue weighted by atomic mass is 79.9. The van der Waals surface area contributed by atoms with Crippen LogP contribution in [-0.4, -0.2) is 16.8 Å². The molecule has 3 nitrogen and oxygen atoms in total. The van der Waals surface area contributed by atoms with E-state index in [1.165, 1.54) is 0 Å². The van der Waals surface area contributed by atoms with Crippen LogP contribution in [-0.2, 0) is 0 Å². The third-order valence-corrected chi connectivity index (χ3v) is 2.13. The second kappa shape index (κ2) is 3.98. The van der Waals surface area contributed by atoms with E-state index in [2.05, 4.69) is 20.9 Å². The molecule has 13 heavy (non-hydrogen) atoms. The van der Waals surface area contributed by atoms with Crippen molar-refractivity contribution in [2.45, 2.75) is 19.9 Å². The Hall–Kier alpha value is -0.740. The van der Waals surface area contributed by atoms with Gasteiger partial charge in [-0.2, -0.15) is 0 Å². The van der Waals surface area contributed by atoms with E-state index >= 15 is 0 Å². The largest absolute Gasteiger partial charge is 0.321 e. The van der Waals surface area contributed by atoms with Crippen LogP contribution in [0.4, 0.5) is 0 Å². The highest BCUT2D eigenvalue weighted by molar-refractivity contribution is 9.10. The molecule has 0 radical (unpaired) electrons. The van der Waals surface area contributed by atoms with Crippen LogP contribution in [0.15, 0.2) is 16.7 Å². The molecular weight excluding hydrogens is 232 g/mol. The Balaban J connectivity index is 3.09. The maximum atomic E-state index is 11.5. The highest BCUT2D eigenvalue weighted by Crippen LogP contribution is 2.13. The summed E-state index contributed by atoms with van der Waals surface area (Å²) in [5.41, 5.74) is 6.77. The maximum Gasteiger partial charge on any atom is 0.197 e. The first-order chi connectivity index (χ1) is 6.02. The molecule has 0 saturated heterocycles. The summed E-state index contributed by atoms with van der Waals surface area (Å²) in [5.74, 6) is -0.120. The molecule has 70 valence electrons. The molecule has 1 rings (SSSR count). The Bertz CT molecular complexity index is 336. The van der Waals surface area contributed by atoms with Crippen molar-refractivity contribution in [2.24, 2.45) is 5.73 Å². The van der Waals surface area contributed by atoms with Gasteiger partial charge in [0.25, 0.3) is 0 Å². The lowest BCUT2D eigenvalue weighted by atomic mass is 10.1. The molecule has 2 N–H and O–H groups in total. The number of pyridine rings is 1. The van der Waals surface area contributed by atoms with Gasteiger partial charge in [-0.05, 0) is 41.4 Å². The van der Waals surface area contributed by atoms with Crippen molar-refractivity contribution in [1.82, 2.24) is 4.98 Å². The van der Waals surface area contributed by atoms with Crippen molar-refractivity contribution in [2.75, 3.05) is 0 Å². The monoisotopic (exact) mass is 242 g/mol. The number of hydrogen-bond acceptors (Lipinski definition) is 3. The number of Topliss-reactive ketones (excluding diaryl/α,β-unsaturated/α-hetero) is 1. The number of rotatable bonds is 2. The quantitative estimate of drug-likeness (QED) is 0.804. The summed E-state index contributed by atoms with van der Waals surface area (Å²) in [6.45, 7) is 3.50. The van der Waals surface area contributed by atoms with Gasteiger partial charge in [-0.25, -0.2) is 0 Å². The number of aromatic nitrogens is 1. The number of ketones is 1. The molecule has 0 aliphatic heterocycles. The van der Waals surface area contributed by atoms with Gasteiger partial charge >= 0.3 is 0 Å². The van der Waals surface area contributed by atoms with Crippen LogP contribution in [0.2, 0.25) is 0 Å². The topological polar surface area (TPSA) is 56.0 Å². The summed E-state index contributed by atoms with van der Waals surface area (Å²) in [6.07, 6.45) is 1.60. The lowest BCUT2D eigenvalue weighted by Gasteiger charge is -2.06. The summed E-state index contributed by atoms with van der Waals surface area (Å²) in [7, 11) is 0. The van der Waals surface area contributed by atoms with Crippen LogP contribution in [0.5, 0.6) is 0 Å². The molecule has 1 aromatic rings. The van der Waals surface area contributed by atoms with Gasteiger partial charge in [0.1, 0.15) is 5.69 Å². The number of hydrogen-bond donors (Lipinski definition) is 1. The summed E-state index contributed by atoms with van der Waals surface area (Å²) < 4.78 is 0.867. The zero-order valence-corrected chi connectivity index (χ0v) is 9.13. The molecule has 1 unspecified atom stereocenters. The number of nitrogens with two attached hydrogens (primary N) is 1. The lowest BCUT2D eigenvalue weighted by molar-refractivity contribution is 0.0962. The first-order valence-corrected chi connectivity index (χ1v) is 4.73. The maximum absolute atomic E-state index is 11.5. The Morgan fingerprint density at radius 2 is 2.31 bits per heavy atom. The fourth-order valence-corrected chi connectivity index (χ4v) is 1.46. The van der Waals surface area contributed by atoms with E-state index in [9.17, 15) is 4.79 Å². The van der Waals surface area contributed by atoms with Crippen molar-refractivity contribution < 1.29 is 4.79 Å². The van der Waals surface area contributed by atoms with Crippen molar-refractivity contribution in [3.63, 3.8) is 0 Å². The van der Waals surface area contributed by atoms with Crippen molar-refractivity contribution in [1.29, 1.82) is 0 Å². The number of nitrogens with zero attached hydrogens (tertiary/aromatic N) is 1. The fraction of sp³-hybridized carbons (Fsp3) is 0.333. The van der Waals surface area contributed by atoms with Crippen molar-refractivity contribution in [3.8, 4) is 0 Å². The van der Waals surface area contributed by atoms with Gasteiger partial charge in [0, 0.05) is 10.7 Å². The van der Waals surface area contributed by atoms with E-state index in [0.29, 0.717) is 5.69 Å². The smallest absolute Gasteiger partial charge is 0.197 e. The third kappa shape index (κ3) is 2.35. The SMILES string of the molecule is Cc1cc(Br)cnc1C(=O)C(C)N. The first kappa shape index (κ1) is 10.3. The average molecular weight is 243 g/mol. The van der Waals surface area contributed by atoms with Gasteiger partial charge in [-0.1, -0.05) is 0 Å². The Morgan fingerprint density at radius 3 is 2.77 bits per heavy atom. The van der Waals surface area contributed by atoms with E-state index in [1.807, 2.05) is 13.0 Å². The summed E-state index contributed by atoms with van der Waals surface area (Å²) in [5, 5.41) is 0. The third-order valence-electron chi connectivity index (χ3n) is 1.69. The molecule has 1 aromatic heterocycles. The molecule has 0 aliphatic carbocycles. The number of halogens is 1. The molecule has 0 amide bonds. The average Bonchev–Trinajstić information content (AvgIpc) is 2.03. The molecule has 0 bridgehead atoms. The van der Waals surface area contributed by atoms with Crippen LogP contribution >= 0.6 is 15.9 Å². The van der Waals surface area contributed by atoms with E-state index in [-0.39, 0.29) is 5.78 Å². The Kier molecular flexibility index (Phi) is 3.17. The molecule has 0 aromatic carbocycles. The van der Waals surface area contributed by atoms with Crippen LogP contribution in [0, 0.1) is 6.92 Å². The van der Waals surface area contributed by atoms with Gasteiger partial charge in [0.15, 0.2) is 5.78 Å². The molecule has 1 atom stereocenters. The molecule has 1 heterocycles. The van der Waals surface area contributed by atoms with Gasteiger partial charge in [0.05, 0.1) is 6.04 Å². The fourth-order valence-electron chi connectivity index (χ4n) is 1.01. The molecule has 0 aliphatic rings. The molecule has 4 heteroatoms. The van der Waals surface area contributed by atoms with Crippen LogP contribution < -0.4 is 5.73 Å². The number of carbonyl (C=O) groups excluding carboxylic acids is 1. The van der Waals surface area contributed by atoms with Gasteiger partial charge in [-0.3, -0.25) is 9.78 Å². The van der Waals surface area contributed by atoms with Crippen molar-refractivity contribution >= 4 is 21.7 Å². The molecule has 0 spiro atoms. The minimum atomic E-state index is -0.493. The van der Waals surface area contributed by atoms with Gasteiger partial charge in [-0.15, -0.1) is 0 Å². The number of aryl methyl sites for hydroxylation is 1. The van der Waals surface area contributed by atoms with Gasteiger partial charge in [0.2, 0.25) is 0 Å². The Morgan fingerprint density at radius 1 is 1.69 bits per heavy atom. The van der Waals surface area contributed by atoms with Gasteiger partial charge < -0.3 is 5.73 Å². The highest BCUT2D eigenvalue weighted by Gasteiger charge is 2.14. The molecule has 0 fully saturated rings. The van der Waals surface area contributed by atoms with Crippen LogP contribution in [0.25, 0.3) is 0 Å². The van der Waals surface area contributed by atoms with E-state index in [0.717, 1.165) is 10.0 Å². The minimum Gasteiger partial charge on any atom is -0.321 e. The summed E-state index contributed by atoms with van der Waals surface area (Å²) in [6, 6.07) is 1.36. The Labute approximate surface area is 85.5 Å². The second-order valence-corrected chi connectivity index (χ2v) is 3.89. The minimum absolute atomic E-state index is 0.120. The van der Waals surface area contributed by atoms with Crippen molar-refractivity contribution in [3.05, 3.63) is 28.0 Å². The predicted molar refractivity (Wildman–Crippen MR) is 54.7 cm³/mol. The molecule has 0 saturated carbocycles. The van der Waals surface area contributed by atoms with Crippen LogP contribution in [0.3, 0.4) is 0 Å². The van der Waals surface area contributed by atoms with E-state index in [4.69, 9.17) is 5.73 Å². The van der Waals surface area contributed by atoms with E-state index in [1.54, 1.807) is 13.1 Å². The standard InChI is InChI=1S/C9H11BrN2O/c1-5-3-7(10)4-12-8(5)9(13)6(2)11/h3-4,6H,11H2,1-2H3. The first-order valence-electron chi connectivity index (χ1n) is 3.94. The summed E-state index contributed by atoms with van der Waals surface area (Å²) >= 11 is 3.28. The van der Waals surface area contributed by atoms with E-state index < -0.39 is 6.04 Å².